The molecule has 0 saturated heterocycles. The predicted molar refractivity (Wildman–Crippen MR) is 102 cm³/mol. The Morgan fingerprint density at radius 3 is 2.38 bits per heavy atom. The average Bonchev–Trinajstić information content (AvgIpc) is 2.33. The van der Waals surface area contributed by atoms with Gasteiger partial charge in [-0.15, -0.1) is 0 Å². The molecule has 4 nitrogen and oxygen atoms in total. The minimum Gasteiger partial charge on any atom is -0.489 e. The molecule has 0 aliphatic carbocycles. The number of halogens is 1. The first-order valence-corrected chi connectivity index (χ1v) is 9.10. The van der Waals surface area contributed by atoms with Crippen molar-refractivity contribution >= 4 is 22.0 Å². The summed E-state index contributed by atoms with van der Waals surface area (Å²) < 4.78 is 12.7. The summed E-state index contributed by atoms with van der Waals surface area (Å²) in [5, 5.41) is 2.84. The average molecular weight is 400 g/mol. The summed E-state index contributed by atoms with van der Waals surface area (Å²) in [7, 11) is 0. The van der Waals surface area contributed by atoms with E-state index in [-0.39, 0.29) is 5.54 Å². The Bertz CT molecular complexity index is 566. The number of carbonyl (C=O) groups is 1. The van der Waals surface area contributed by atoms with Gasteiger partial charge in [0.25, 0.3) is 0 Å². The third kappa shape index (κ3) is 7.56. The second-order valence-electron chi connectivity index (χ2n) is 8.01. The molecule has 0 bridgehead atoms. The largest absolute Gasteiger partial charge is 0.489 e. The van der Waals surface area contributed by atoms with E-state index in [0.29, 0.717) is 12.5 Å². The molecule has 0 spiro atoms. The number of hydrogen-bond donors (Lipinski definition) is 1. The van der Waals surface area contributed by atoms with Crippen molar-refractivity contribution in [3.8, 4) is 5.75 Å². The van der Waals surface area contributed by atoms with E-state index in [1.807, 2.05) is 52.8 Å². The van der Waals surface area contributed by atoms with Crippen LogP contribution in [0.3, 0.4) is 0 Å². The number of carbonyl (C=O) groups excluding carboxylic acids is 1. The molecular weight excluding hydrogens is 370 g/mol. The van der Waals surface area contributed by atoms with Crippen LogP contribution in [0, 0.1) is 12.8 Å². The third-order valence-corrected chi connectivity index (χ3v) is 3.82. The van der Waals surface area contributed by atoms with E-state index in [4.69, 9.17) is 9.47 Å². The number of alkyl carbamates (subject to hydrolysis) is 1. The maximum atomic E-state index is 12.2. The molecule has 0 heterocycles. The molecule has 1 amide bonds. The topological polar surface area (TPSA) is 47.6 Å². The van der Waals surface area contributed by atoms with E-state index in [1.165, 1.54) is 0 Å². The summed E-state index contributed by atoms with van der Waals surface area (Å²) in [5.74, 6) is 1.18. The molecule has 24 heavy (non-hydrogen) atoms. The van der Waals surface area contributed by atoms with Gasteiger partial charge in [-0.3, -0.25) is 0 Å². The van der Waals surface area contributed by atoms with Crippen molar-refractivity contribution in [2.45, 2.75) is 66.0 Å². The molecule has 136 valence electrons. The van der Waals surface area contributed by atoms with E-state index >= 15 is 0 Å². The van der Waals surface area contributed by atoms with Crippen molar-refractivity contribution in [2.75, 3.05) is 6.61 Å². The molecule has 0 fully saturated rings. The molecule has 1 atom stereocenters. The van der Waals surface area contributed by atoms with Gasteiger partial charge in [0.2, 0.25) is 0 Å². The maximum Gasteiger partial charge on any atom is 0.408 e. The summed E-state index contributed by atoms with van der Waals surface area (Å²) in [6, 6.07) is 5.86. The third-order valence-electron chi connectivity index (χ3n) is 3.33. The lowest BCUT2D eigenvalue weighted by Gasteiger charge is -2.32. The van der Waals surface area contributed by atoms with Gasteiger partial charge in [0.1, 0.15) is 18.0 Å². The second kappa shape index (κ2) is 8.24. The first-order chi connectivity index (χ1) is 10.9. The van der Waals surface area contributed by atoms with Crippen LogP contribution in [0.25, 0.3) is 0 Å². The summed E-state index contributed by atoms with van der Waals surface area (Å²) in [6.45, 7) is 14.2. The van der Waals surface area contributed by atoms with Crippen molar-refractivity contribution in [1.29, 1.82) is 0 Å². The number of ether oxygens (including phenoxy) is 2. The van der Waals surface area contributed by atoms with Gasteiger partial charge in [0.05, 0.1) is 0 Å². The highest BCUT2D eigenvalue weighted by molar-refractivity contribution is 9.10. The van der Waals surface area contributed by atoms with E-state index in [2.05, 4.69) is 35.1 Å². The second-order valence-corrected chi connectivity index (χ2v) is 8.93. The van der Waals surface area contributed by atoms with Crippen LogP contribution in [0.15, 0.2) is 22.7 Å². The molecular formula is C19H30BrNO3. The van der Waals surface area contributed by atoms with Crippen molar-refractivity contribution < 1.29 is 14.3 Å². The van der Waals surface area contributed by atoms with Crippen molar-refractivity contribution in [3.63, 3.8) is 0 Å². The van der Waals surface area contributed by atoms with Gasteiger partial charge in [-0.1, -0.05) is 29.8 Å². The molecule has 5 heteroatoms. The summed E-state index contributed by atoms with van der Waals surface area (Å²) >= 11 is 3.45. The molecule has 0 radical (unpaired) electrons. The monoisotopic (exact) mass is 399 g/mol. The fourth-order valence-corrected chi connectivity index (χ4v) is 3.03. The zero-order chi connectivity index (χ0) is 18.5. The van der Waals surface area contributed by atoms with Gasteiger partial charge in [-0.25, -0.2) is 4.79 Å². The Morgan fingerprint density at radius 1 is 1.25 bits per heavy atom. The fourth-order valence-electron chi connectivity index (χ4n) is 2.55. The molecule has 1 rings (SSSR count). The molecule has 1 aromatic rings. The Labute approximate surface area is 154 Å². The Hall–Kier alpha value is -1.23. The van der Waals surface area contributed by atoms with E-state index in [9.17, 15) is 4.79 Å². The number of amides is 1. The van der Waals surface area contributed by atoms with Crippen LogP contribution in [0.5, 0.6) is 5.75 Å². The van der Waals surface area contributed by atoms with Crippen LogP contribution < -0.4 is 10.1 Å². The van der Waals surface area contributed by atoms with Crippen LogP contribution in [-0.2, 0) is 4.74 Å². The van der Waals surface area contributed by atoms with Gasteiger partial charge in [-0.05, 0) is 70.7 Å². The molecule has 0 aromatic heterocycles. The number of aryl methyl sites for hydroxylation is 1. The van der Waals surface area contributed by atoms with Gasteiger partial charge < -0.3 is 14.8 Å². The lowest BCUT2D eigenvalue weighted by atomic mass is 9.95. The fraction of sp³-hybridized carbons (Fsp3) is 0.632. The molecule has 1 N–H and O–H groups in total. The number of hydrogen-bond acceptors (Lipinski definition) is 3. The maximum absolute atomic E-state index is 12.2. The first kappa shape index (κ1) is 20.8. The van der Waals surface area contributed by atoms with Gasteiger partial charge in [0.15, 0.2) is 0 Å². The van der Waals surface area contributed by atoms with Crippen molar-refractivity contribution in [2.24, 2.45) is 5.92 Å². The predicted octanol–water partition coefficient (Wildman–Crippen LogP) is 5.47. The van der Waals surface area contributed by atoms with Crippen LogP contribution >= 0.6 is 15.9 Å². The first-order valence-electron chi connectivity index (χ1n) is 8.30. The molecule has 0 saturated carbocycles. The van der Waals surface area contributed by atoms with Crippen LogP contribution in [0.2, 0.25) is 0 Å². The minimum atomic E-state index is -0.691. The molecule has 1 aromatic carbocycles. The van der Waals surface area contributed by atoms with E-state index in [1.54, 1.807) is 0 Å². The highest BCUT2D eigenvalue weighted by atomic mass is 79.9. The summed E-state index contributed by atoms with van der Waals surface area (Å²) in [6.07, 6.45) is 0.307. The smallest absolute Gasteiger partial charge is 0.408 e. The van der Waals surface area contributed by atoms with E-state index in [0.717, 1.165) is 22.2 Å². The molecule has 0 unspecified atom stereocenters. The normalized spacial score (nSPS) is 14.2. The SMILES string of the molecule is Cc1cc(Br)ccc1OC[C@](C)(CC(C)C)OC(=O)NC(C)(C)C. The van der Waals surface area contributed by atoms with Crippen LogP contribution in [0.1, 0.15) is 53.5 Å². The van der Waals surface area contributed by atoms with Crippen LogP contribution in [-0.4, -0.2) is 23.8 Å². The van der Waals surface area contributed by atoms with E-state index < -0.39 is 11.7 Å². The quantitative estimate of drug-likeness (QED) is 0.689. The van der Waals surface area contributed by atoms with Crippen molar-refractivity contribution in [3.05, 3.63) is 28.2 Å². The van der Waals surface area contributed by atoms with Gasteiger partial charge in [-0.2, -0.15) is 0 Å². The highest BCUT2D eigenvalue weighted by Crippen LogP contribution is 2.26. The zero-order valence-electron chi connectivity index (χ0n) is 15.8. The Kier molecular flexibility index (Phi) is 7.14. The molecule has 0 aliphatic rings. The standard InChI is InChI=1S/C19H30BrNO3/c1-13(2)11-19(7,24-17(22)21-18(4,5)6)12-23-16-9-8-15(20)10-14(16)3/h8-10,13H,11-12H2,1-7H3,(H,21,22)/t19-/m0/s1. The van der Waals surface area contributed by atoms with Gasteiger partial charge >= 0.3 is 6.09 Å². The zero-order valence-corrected chi connectivity index (χ0v) is 17.4. The summed E-state index contributed by atoms with van der Waals surface area (Å²) in [4.78, 5) is 12.2. The minimum absolute atomic E-state index is 0.311. The number of nitrogens with one attached hydrogen (secondary N) is 1. The Balaban J connectivity index is 2.81. The number of benzene rings is 1. The molecule has 0 aliphatic heterocycles. The highest BCUT2D eigenvalue weighted by Gasteiger charge is 2.32. The van der Waals surface area contributed by atoms with Gasteiger partial charge in [0, 0.05) is 10.0 Å². The summed E-state index contributed by atoms with van der Waals surface area (Å²) in [5.41, 5.74) is 0.0116. The lowest BCUT2D eigenvalue weighted by Crippen LogP contribution is -2.47. The Morgan fingerprint density at radius 2 is 1.88 bits per heavy atom. The van der Waals surface area contributed by atoms with Crippen LogP contribution in [0.4, 0.5) is 4.79 Å². The number of rotatable bonds is 6. The van der Waals surface area contributed by atoms with Crippen molar-refractivity contribution in [1.82, 2.24) is 5.32 Å². The lowest BCUT2D eigenvalue weighted by molar-refractivity contribution is -0.0251.